The molecule has 5 aromatic carbocycles. The third kappa shape index (κ3) is 5.74. The Balaban J connectivity index is 1.07. The number of aliphatic hydroxyl groups is 1. The highest BCUT2D eigenvalue weighted by Gasteiger charge is 2.39. The molecule has 2 amide bonds. The van der Waals surface area contributed by atoms with Gasteiger partial charge in [0.2, 0.25) is 0 Å². The fraction of sp³-hybridized carbons (Fsp3) is 0.195. The van der Waals surface area contributed by atoms with Crippen molar-refractivity contribution in [3.63, 3.8) is 0 Å². The topological polar surface area (TPSA) is 93.9 Å². The number of benzene rings is 5. The number of hydrogen-bond donors (Lipinski definition) is 1. The number of hydrogen-bond acceptors (Lipinski definition) is 6. The summed E-state index contributed by atoms with van der Waals surface area (Å²) in [5, 5.41) is 9.61. The quantitative estimate of drug-likeness (QED) is 0.172. The number of rotatable bonds is 8. The molecule has 1 saturated heterocycles. The lowest BCUT2D eigenvalue weighted by Gasteiger charge is -2.41. The number of fused-ring (bicyclic) bond motifs is 2. The second-order valence-corrected chi connectivity index (χ2v) is 12.7. The maximum atomic E-state index is 13.1. The molecule has 0 spiro atoms. The summed E-state index contributed by atoms with van der Waals surface area (Å²) < 4.78 is 15.6. The van der Waals surface area contributed by atoms with Crippen LogP contribution in [0.25, 0.3) is 22.2 Å². The first kappa shape index (κ1) is 30.9. The minimum atomic E-state index is -0.624. The highest BCUT2D eigenvalue weighted by molar-refractivity contribution is 6.21. The molecule has 6 aromatic rings. The SMILES string of the molecule is C[C@@H]1[C@H](Cn2cnc3ccccc32)O[C@H](c2ccc(-c3ccccc3CN3C(=O)c4ccccc4C3=O)cc2)O[C@@H]1c1ccc(CO)cc1. The van der Waals surface area contributed by atoms with E-state index in [4.69, 9.17) is 9.47 Å². The van der Waals surface area contributed by atoms with Crippen LogP contribution in [0.2, 0.25) is 0 Å². The first-order chi connectivity index (χ1) is 24.0. The second-order valence-electron chi connectivity index (χ2n) is 12.7. The molecule has 8 heteroatoms. The average Bonchev–Trinajstić information content (AvgIpc) is 3.67. The zero-order valence-corrected chi connectivity index (χ0v) is 27.0. The minimum absolute atomic E-state index is 0.0167. The Bertz CT molecular complexity index is 2120. The molecule has 0 aliphatic carbocycles. The monoisotopic (exact) mass is 649 g/mol. The summed E-state index contributed by atoms with van der Waals surface area (Å²) in [6.45, 7) is 2.92. The highest BCUT2D eigenvalue weighted by atomic mass is 16.7. The lowest BCUT2D eigenvalue weighted by molar-refractivity contribution is -0.276. The van der Waals surface area contributed by atoms with Gasteiger partial charge in [0.15, 0.2) is 6.29 Å². The average molecular weight is 650 g/mol. The number of carbonyl (C=O) groups is 2. The summed E-state index contributed by atoms with van der Waals surface area (Å²) in [5.41, 5.74) is 8.40. The number of imidazole rings is 1. The van der Waals surface area contributed by atoms with Crippen molar-refractivity contribution in [1.82, 2.24) is 14.5 Å². The van der Waals surface area contributed by atoms with Crippen molar-refractivity contribution in [1.29, 1.82) is 0 Å². The molecule has 1 N–H and O–H groups in total. The molecule has 49 heavy (non-hydrogen) atoms. The minimum Gasteiger partial charge on any atom is -0.392 e. The van der Waals surface area contributed by atoms with E-state index in [-0.39, 0.29) is 43.1 Å². The molecule has 2 aliphatic rings. The number of imide groups is 1. The van der Waals surface area contributed by atoms with E-state index in [9.17, 15) is 14.7 Å². The molecule has 3 heterocycles. The van der Waals surface area contributed by atoms with Crippen LogP contribution in [0.5, 0.6) is 0 Å². The molecular formula is C41H35N3O5. The number of carbonyl (C=O) groups excluding carboxylic acids is 2. The first-order valence-electron chi connectivity index (χ1n) is 16.5. The van der Waals surface area contributed by atoms with Gasteiger partial charge in [-0.05, 0) is 52.1 Å². The number of nitrogens with zero attached hydrogens (tertiary/aromatic N) is 3. The molecule has 244 valence electrons. The molecule has 1 aromatic heterocycles. The molecule has 4 atom stereocenters. The van der Waals surface area contributed by atoms with Gasteiger partial charge in [0.05, 0.1) is 60.4 Å². The molecule has 1 fully saturated rings. The van der Waals surface area contributed by atoms with Crippen LogP contribution >= 0.6 is 0 Å². The zero-order chi connectivity index (χ0) is 33.5. The van der Waals surface area contributed by atoms with Crippen molar-refractivity contribution in [2.24, 2.45) is 5.92 Å². The van der Waals surface area contributed by atoms with Gasteiger partial charge in [0.1, 0.15) is 0 Å². The van der Waals surface area contributed by atoms with E-state index in [1.54, 1.807) is 24.3 Å². The number of amides is 2. The summed E-state index contributed by atoms with van der Waals surface area (Å²) in [6, 6.07) is 38.9. The van der Waals surface area contributed by atoms with Gasteiger partial charge in [0.25, 0.3) is 11.8 Å². The fourth-order valence-corrected chi connectivity index (χ4v) is 6.99. The van der Waals surface area contributed by atoms with Crippen LogP contribution in [0.1, 0.15) is 62.3 Å². The van der Waals surface area contributed by atoms with Gasteiger partial charge in [0, 0.05) is 11.5 Å². The summed E-state index contributed by atoms with van der Waals surface area (Å²) in [5.74, 6) is -0.526. The predicted octanol–water partition coefficient (Wildman–Crippen LogP) is 7.48. The lowest BCUT2D eigenvalue weighted by atomic mass is 9.90. The Kier molecular flexibility index (Phi) is 8.13. The van der Waals surface area contributed by atoms with E-state index < -0.39 is 6.29 Å². The van der Waals surface area contributed by atoms with Crippen LogP contribution in [0.3, 0.4) is 0 Å². The molecule has 0 unspecified atom stereocenters. The second kappa shape index (κ2) is 12.9. The van der Waals surface area contributed by atoms with Gasteiger partial charge in [-0.3, -0.25) is 14.5 Å². The van der Waals surface area contributed by atoms with Crippen LogP contribution in [0.4, 0.5) is 0 Å². The van der Waals surface area contributed by atoms with Crippen LogP contribution in [-0.4, -0.2) is 37.5 Å². The van der Waals surface area contributed by atoms with E-state index in [0.717, 1.165) is 44.4 Å². The predicted molar refractivity (Wildman–Crippen MR) is 185 cm³/mol. The Hall–Kier alpha value is -5.41. The van der Waals surface area contributed by atoms with Gasteiger partial charge >= 0.3 is 0 Å². The summed E-state index contributed by atoms with van der Waals surface area (Å²) in [4.78, 5) is 32.1. The van der Waals surface area contributed by atoms with Crippen LogP contribution in [0, 0.1) is 5.92 Å². The van der Waals surface area contributed by atoms with Gasteiger partial charge in [-0.15, -0.1) is 0 Å². The van der Waals surface area contributed by atoms with E-state index in [1.165, 1.54) is 4.90 Å². The Morgan fingerprint density at radius 1 is 0.714 bits per heavy atom. The smallest absolute Gasteiger partial charge is 0.261 e. The molecular weight excluding hydrogens is 614 g/mol. The van der Waals surface area contributed by atoms with Gasteiger partial charge in [-0.2, -0.15) is 0 Å². The van der Waals surface area contributed by atoms with Crippen molar-refractivity contribution >= 4 is 22.8 Å². The van der Waals surface area contributed by atoms with Crippen molar-refractivity contribution in [3.05, 3.63) is 161 Å². The van der Waals surface area contributed by atoms with Gasteiger partial charge in [-0.25, -0.2) is 4.98 Å². The third-order valence-corrected chi connectivity index (χ3v) is 9.75. The number of para-hydroxylation sites is 2. The first-order valence-corrected chi connectivity index (χ1v) is 16.5. The molecule has 2 aliphatic heterocycles. The van der Waals surface area contributed by atoms with E-state index >= 15 is 0 Å². The van der Waals surface area contributed by atoms with E-state index in [0.29, 0.717) is 17.7 Å². The van der Waals surface area contributed by atoms with E-state index in [2.05, 4.69) is 22.5 Å². The van der Waals surface area contributed by atoms with Crippen molar-refractivity contribution < 1.29 is 24.2 Å². The largest absolute Gasteiger partial charge is 0.392 e. The zero-order valence-electron chi connectivity index (χ0n) is 27.0. The van der Waals surface area contributed by atoms with Crippen molar-refractivity contribution in [2.75, 3.05) is 0 Å². The normalized spacial score (nSPS) is 20.6. The molecule has 8 nitrogen and oxygen atoms in total. The molecule has 0 saturated carbocycles. The van der Waals surface area contributed by atoms with Gasteiger partial charge in [-0.1, -0.05) is 104 Å². The summed E-state index contributed by atoms with van der Waals surface area (Å²) in [6.07, 6.45) is 0.816. The van der Waals surface area contributed by atoms with Crippen LogP contribution in [0.15, 0.2) is 128 Å². The van der Waals surface area contributed by atoms with E-state index in [1.807, 2.05) is 97.3 Å². The molecule has 0 radical (unpaired) electrons. The Morgan fingerprint density at radius 2 is 1.35 bits per heavy atom. The van der Waals surface area contributed by atoms with Crippen molar-refractivity contribution in [3.8, 4) is 11.1 Å². The van der Waals surface area contributed by atoms with Crippen LogP contribution < -0.4 is 0 Å². The van der Waals surface area contributed by atoms with Crippen LogP contribution in [-0.2, 0) is 29.2 Å². The third-order valence-electron chi connectivity index (χ3n) is 9.75. The molecule has 0 bridgehead atoms. The number of ether oxygens (including phenoxy) is 2. The Labute approximate surface area is 284 Å². The molecule has 8 rings (SSSR count). The Morgan fingerprint density at radius 3 is 2.06 bits per heavy atom. The number of aliphatic hydroxyl groups excluding tert-OH is 1. The fourth-order valence-electron chi connectivity index (χ4n) is 6.99. The maximum Gasteiger partial charge on any atom is 0.261 e. The highest BCUT2D eigenvalue weighted by Crippen LogP contribution is 2.43. The summed E-state index contributed by atoms with van der Waals surface area (Å²) >= 11 is 0. The maximum absolute atomic E-state index is 13.1. The van der Waals surface area contributed by atoms with Crippen molar-refractivity contribution in [2.45, 2.75) is 45.1 Å². The lowest BCUT2D eigenvalue weighted by Crippen LogP contribution is -2.39. The number of aromatic nitrogens is 2. The summed E-state index contributed by atoms with van der Waals surface area (Å²) in [7, 11) is 0. The van der Waals surface area contributed by atoms with Gasteiger partial charge < -0.3 is 19.1 Å². The standard InChI is InChI=1S/C41H35N3O5/c1-26-37(23-43-25-42-35-12-6-7-13-36(35)43)48-41(49-38(26)29-16-14-27(24-45)15-17-29)30-20-18-28(19-21-30)32-9-3-2-8-31(32)22-44-39(46)33-10-4-5-11-34(33)40(44)47/h2-21,25-26,37-38,41,45H,22-24H2,1H3/t26-,37+,38+,41+/m1/s1.